The molecule has 0 fully saturated rings. The highest BCUT2D eigenvalue weighted by atomic mass is 35.5. The lowest BCUT2D eigenvalue weighted by Gasteiger charge is -2.11. The van der Waals surface area contributed by atoms with Crippen molar-refractivity contribution in [1.29, 1.82) is 0 Å². The van der Waals surface area contributed by atoms with Crippen LogP contribution in [-0.2, 0) is 0 Å². The summed E-state index contributed by atoms with van der Waals surface area (Å²) in [6.07, 6.45) is 1.46. The first kappa shape index (κ1) is 18.8. The molecule has 1 aromatic heterocycles. The van der Waals surface area contributed by atoms with Crippen LogP contribution in [0.25, 0.3) is 11.5 Å². The van der Waals surface area contributed by atoms with E-state index in [1.54, 1.807) is 25.9 Å². The van der Waals surface area contributed by atoms with Gasteiger partial charge in [0.2, 0.25) is 11.8 Å². The van der Waals surface area contributed by atoms with E-state index in [-0.39, 0.29) is 6.61 Å². The van der Waals surface area contributed by atoms with Crippen molar-refractivity contribution >= 4 is 23.1 Å². The number of allylic oxidation sites excluding steroid dienone is 1. The molecule has 2 aromatic rings. The average molecular weight is 386 g/mol. The molecule has 0 atom stereocenters. The fourth-order valence-electron chi connectivity index (χ4n) is 2.71. The minimum atomic E-state index is 0.243. The summed E-state index contributed by atoms with van der Waals surface area (Å²) in [6, 6.07) is 5.73. The van der Waals surface area contributed by atoms with E-state index >= 15 is 0 Å². The Kier molecular flexibility index (Phi) is 5.41. The van der Waals surface area contributed by atoms with Crippen LogP contribution in [0.1, 0.15) is 18.4 Å². The summed E-state index contributed by atoms with van der Waals surface area (Å²) in [5.74, 6) is 2.31. The van der Waals surface area contributed by atoms with Gasteiger partial charge in [0.1, 0.15) is 18.1 Å². The summed E-state index contributed by atoms with van der Waals surface area (Å²) >= 11 is 6.27. The normalized spacial score (nSPS) is 17.3. The fraction of sp³-hybridized carbons (Fsp3) is 0.263. The van der Waals surface area contributed by atoms with Gasteiger partial charge in [-0.25, -0.2) is 4.99 Å². The second-order valence-corrected chi connectivity index (χ2v) is 6.58. The van der Waals surface area contributed by atoms with E-state index in [2.05, 4.69) is 26.9 Å². The third kappa shape index (κ3) is 3.93. The van der Waals surface area contributed by atoms with Gasteiger partial charge in [0, 0.05) is 30.8 Å². The molecule has 140 valence electrons. The summed E-state index contributed by atoms with van der Waals surface area (Å²) in [5, 5.41) is 14.6. The Balaban J connectivity index is 1.84. The summed E-state index contributed by atoms with van der Waals surface area (Å²) in [6.45, 7) is 9.40. The van der Waals surface area contributed by atoms with Gasteiger partial charge in [-0.05, 0) is 31.5 Å². The molecular formula is C19H20ClN5O2. The molecule has 2 heterocycles. The molecule has 3 rings (SSSR count). The maximum absolute atomic E-state index is 6.27. The highest BCUT2D eigenvalue weighted by Crippen LogP contribution is 2.27. The first-order chi connectivity index (χ1) is 12.9. The highest BCUT2D eigenvalue weighted by molar-refractivity contribution is 6.39. The van der Waals surface area contributed by atoms with E-state index in [9.17, 15) is 0 Å². The molecule has 27 heavy (non-hydrogen) atoms. The third-order valence-electron chi connectivity index (χ3n) is 3.97. The topological polar surface area (TPSA) is 76.1 Å². The van der Waals surface area contributed by atoms with E-state index in [1.807, 2.05) is 25.1 Å². The van der Waals surface area contributed by atoms with Gasteiger partial charge in [-0.15, -0.1) is 10.2 Å². The lowest BCUT2D eigenvalue weighted by molar-refractivity contribution is 0.372. The number of aromatic nitrogens is 2. The maximum atomic E-state index is 6.27. The summed E-state index contributed by atoms with van der Waals surface area (Å²) < 4.78 is 11.5. The van der Waals surface area contributed by atoms with Crippen LogP contribution in [0.15, 0.2) is 56.1 Å². The minimum absolute atomic E-state index is 0.243. The van der Waals surface area contributed by atoms with Crippen molar-refractivity contribution in [2.75, 3.05) is 13.7 Å². The molecule has 0 N–H and O–H groups in total. The number of hydrazone groups is 1. The minimum Gasteiger partial charge on any atom is -0.487 e. The first-order valence-electron chi connectivity index (χ1n) is 8.31. The summed E-state index contributed by atoms with van der Waals surface area (Å²) in [7, 11) is 1.80. The zero-order valence-corrected chi connectivity index (χ0v) is 16.4. The zero-order valence-electron chi connectivity index (χ0n) is 15.7. The Hall–Kier alpha value is -2.93. The van der Waals surface area contributed by atoms with Gasteiger partial charge in [-0.2, -0.15) is 5.10 Å². The Morgan fingerprint density at radius 2 is 2.15 bits per heavy atom. The molecule has 7 nitrogen and oxygen atoms in total. The summed E-state index contributed by atoms with van der Waals surface area (Å²) in [4.78, 5) is 4.25. The van der Waals surface area contributed by atoms with Crippen molar-refractivity contribution in [2.24, 2.45) is 10.1 Å². The third-order valence-corrected chi connectivity index (χ3v) is 4.16. The van der Waals surface area contributed by atoms with E-state index in [1.165, 1.54) is 6.20 Å². The van der Waals surface area contributed by atoms with Gasteiger partial charge >= 0.3 is 0 Å². The number of benzene rings is 1. The molecule has 8 heteroatoms. The number of hydrogen-bond acceptors (Lipinski definition) is 6. The van der Waals surface area contributed by atoms with Gasteiger partial charge in [0.25, 0.3) is 0 Å². The van der Waals surface area contributed by atoms with Crippen molar-refractivity contribution < 1.29 is 9.15 Å². The SMILES string of the molecule is C=CN=C1/C(=C(\C)Cl)C(COc2cc(-c3nnc(C)o3)ccc2C)=NN1C. The molecule has 0 amide bonds. The lowest BCUT2D eigenvalue weighted by Crippen LogP contribution is -2.19. The van der Waals surface area contributed by atoms with Gasteiger partial charge in [-0.3, -0.25) is 5.01 Å². The smallest absolute Gasteiger partial charge is 0.247 e. The molecule has 0 aliphatic carbocycles. The molecular weight excluding hydrogens is 366 g/mol. The molecule has 0 bridgehead atoms. The number of hydrogen-bond donors (Lipinski definition) is 0. The Labute approximate surface area is 162 Å². The number of ether oxygens (including phenoxy) is 1. The first-order valence-corrected chi connectivity index (χ1v) is 8.69. The van der Waals surface area contributed by atoms with Crippen LogP contribution in [0.5, 0.6) is 5.75 Å². The van der Waals surface area contributed by atoms with E-state index < -0.39 is 0 Å². The zero-order chi connectivity index (χ0) is 19.6. The number of nitrogens with zero attached hydrogens (tertiary/aromatic N) is 5. The molecule has 1 aliphatic rings. The number of halogens is 1. The monoisotopic (exact) mass is 385 g/mol. The van der Waals surface area contributed by atoms with Crippen molar-refractivity contribution in [3.05, 3.63) is 53.0 Å². The molecule has 0 unspecified atom stereocenters. The number of amidine groups is 1. The van der Waals surface area contributed by atoms with Crippen molar-refractivity contribution in [3.63, 3.8) is 0 Å². The van der Waals surface area contributed by atoms with Gasteiger partial charge < -0.3 is 9.15 Å². The van der Waals surface area contributed by atoms with Crippen LogP contribution in [0, 0.1) is 13.8 Å². The Bertz CT molecular complexity index is 970. The van der Waals surface area contributed by atoms with Crippen molar-refractivity contribution in [1.82, 2.24) is 15.2 Å². The van der Waals surface area contributed by atoms with Crippen molar-refractivity contribution in [3.8, 4) is 17.2 Å². The second kappa shape index (κ2) is 7.75. The standard InChI is InChI=1S/C19H20ClN5O2/c1-6-21-18-17(12(3)20)15(24-25(18)5)10-26-16-9-14(8-7-11(16)2)19-23-22-13(4)27-19/h6-9H,1,10H2,2-5H3/b17-12+,21-18?. The predicted octanol–water partition coefficient (Wildman–Crippen LogP) is 4.09. The molecule has 0 saturated carbocycles. The van der Waals surface area contributed by atoms with E-state index in [0.717, 1.165) is 16.7 Å². The molecule has 0 saturated heterocycles. The Morgan fingerprint density at radius 1 is 1.37 bits per heavy atom. The fourth-order valence-corrected chi connectivity index (χ4v) is 2.90. The van der Waals surface area contributed by atoms with Crippen LogP contribution in [0.4, 0.5) is 0 Å². The van der Waals surface area contributed by atoms with Crippen LogP contribution < -0.4 is 4.74 Å². The average Bonchev–Trinajstić information content (AvgIpc) is 3.18. The van der Waals surface area contributed by atoms with Gasteiger partial charge in [0.15, 0.2) is 5.84 Å². The van der Waals surface area contributed by atoms with Crippen LogP contribution >= 0.6 is 11.6 Å². The highest BCUT2D eigenvalue weighted by Gasteiger charge is 2.27. The van der Waals surface area contributed by atoms with Gasteiger partial charge in [0.05, 0.1) is 5.57 Å². The van der Waals surface area contributed by atoms with Crippen LogP contribution in [-0.4, -0.2) is 40.4 Å². The lowest BCUT2D eigenvalue weighted by atomic mass is 10.1. The van der Waals surface area contributed by atoms with Crippen LogP contribution in [0.2, 0.25) is 0 Å². The number of likely N-dealkylation sites (N-methyl/N-ethyl adjacent to an activating group) is 1. The largest absolute Gasteiger partial charge is 0.487 e. The number of rotatable bonds is 5. The molecule has 0 spiro atoms. The van der Waals surface area contributed by atoms with E-state index in [0.29, 0.717) is 34.1 Å². The quantitative estimate of drug-likeness (QED) is 0.774. The Morgan fingerprint density at radius 3 is 2.78 bits per heavy atom. The number of aliphatic imine (C=N–C) groups is 1. The van der Waals surface area contributed by atoms with E-state index in [4.69, 9.17) is 20.8 Å². The molecule has 0 radical (unpaired) electrons. The molecule has 1 aromatic carbocycles. The molecule has 1 aliphatic heterocycles. The van der Waals surface area contributed by atoms with Crippen LogP contribution in [0.3, 0.4) is 0 Å². The second-order valence-electron chi connectivity index (χ2n) is 6.01. The number of aryl methyl sites for hydroxylation is 2. The van der Waals surface area contributed by atoms with Gasteiger partial charge in [-0.1, -0.05) is 24.2 Å². The summed E-state index contributed by atoms with van der Waals surface area (Å²) in [5.41, 5.74) is 3.22. The predicted molar refractivity (Wildman–Crippen MR) is 106 cm³/mol. The van der Waals surface area contributed by atoms with Crippen molar-refractivity contribution in [2.45, 2.75) is 20.8 Å². The maximum Gasteiger partial charge on any atom is 0.247 e.